The number of nitrogens with zero attached hydrogens (tertiary/aromatic N) is 1. The van der Waals surface area contributed by atoms with Crippen molar-refractivity contribution < 1.29 is 4.79 Å². The third-order valence-electron chi connectivity index (χ3n) is 3.42. The lowest BCUT2D eigenvalue weighted by atomic mass is 10.00. The first kappa shape index (κ1) is 14.5. The summed E-state index contributed by atoms with van der Waals surface area (Å²) in [6.45, 7) is 10.5. The van der Waals surface area contributed by atoms with E-state index in [0.717, 1.165) is 32.1 Å². The lowest BCUT2D eigenvalue weighted by molar-refractivity contribution is -0.132. The van der Waals surface area contributed by atoms with E-state index in [-0.39, 0.29) is 0 Å². The molecule has 1 amide bonds. The first-order chi connectivity index (χ1) is 8.09. The second-order valence-electron chi connectivity index (χ2n) is 5.77. The molecule has 1 saturated heterocycles. The minimum absolute atomic E-state index is 0.327. The van der Waals surface area contributed by atoms with E-state index in [2.05, 4.69) is 26.1 Å². The van der Waals surface area contributed by atoms with Crippen LogP contribution in [0.3, 0.4) is 0 Å². The summed E-state index contributed by atoms with van der Waals surface area (Å²) in [5.41, 5.74) is 0. The van der Waals surface area contributed by atoms with E-state index in [1.807, 2.05) is 4.90 Å². The lowest BCUT2D eigenvalue weighted by Crippen LogP contribution is -2.40. The van der Waals surface area contributed by atoms with E-state index in [4.69, 9.17) is 0 Å². The van der Waals surface area contributed by atoms with Crippen LogP contribution in [-0.2, 0) is 4.79 Å². The van der Waals surface area contributed by atoms with Gasteiger partial charge in [0.1, 0.15) is 0 Å². The Bertz CT molecular complexity index is 228. The smallest absolute Gasteiger partial charge is 0.223 e. The molecule has 3 nitrogen and oxygen atoms in total. The van der Waals surface area contributed by atoms with E-state index in [1.54, 1.807) is 0 Å². The van der Waals surface area contributed by atoms with Crippen molar-refractivity contribution in [3.8, 4) is 0 Å². The van der Waals surface area contributed by atoms with Crippen molar-refractivity contribution in [3.05, 3.63) is 0 Å². The van der Waals surface area contributed by atoms with E-state index in [1.165, 1.54) is 19.3 Å². The standard InChI is InChI=1S/C14H28N2O/c1-12(2)6-8-15-9-7-14(17)16-10-4-5-13(3)11-16/h12-13,15H,4-11H2,1-3H3. The summed E-state index contributed by atoms with van der Waals surface area (Å²) >= 11 is 0. The van der Waals surface area contributed by atoms with E-state index < -0.39 is 0 Å². The van der Waals surface area contributed by atoms with Gasteiger partial charge in [-0.15, -0.1) is 0 Å². The van der Waals surface area contributed by atoms with Gasteiger partial charge in [0, 0.05) is 26.1 Å². The van der Waals surface area contributed by atoms with E-state index in [9.17, 15) is 4.79 Å². The van der Waals surface area contributed by atoms with Gasteiger partial charge >= 0.3 is 0 Å². The highest BCUT2D eigenvalue weighted by Crippen LogP contribution is 2.15. The third kappa shape index (κ3) is 6.06. The monoisotopic (exact) mass is 240 g/mol. The summed E-state index contributed by atoms with van der Waals surface area (Å²) in [6.07, 6.45) is 4.30. The number of nitrogens with one attached hydrogen (secondary N) is 1. The van der Waals surface area contributed by atoms with Crippen molar-refractivity contribution in [1.82, 2.24) is 10.2 Å². The molecule has 1 aliphatic rings. The van der Waals surface area contributed by atoms with Gasteiger partial charge in [-0.05, 0) is 37.6 Å². The molecule has 1 atom stereocenters. The first-order valence-electron chi connectivity index (χ1n) is 7.08. The molecule has 0 saturated carbocycles. The SMILES string of the molecule is CC(C)CCNCCC(=O)N1CCCC(C)C1. The van der Waals surface area contributed by atoms with Crippen LogP contribution >= 0.6 is 0 Å². The van der Waals surface area contributed by atoms with Gasteiger partial charge in [-0.3, -0.25) is 4.79 Å². The predicted octanol–water partition coefficient (Wildman–Crippen LogP) is 2.27. The van der Waals surface area contributed by atoms with Gasteiger partial charge in [0.05, 0.1) is 0 Å². The maximum Gasteiger partial charge on any atom is 0.223 e. The molecule has 1 fully saturated rings. The van der Waals surface area contributed by atoms with E-state index >= 15 is 0 Å². The molecule has 1 unspecified atom stereocenters. The minimum atomic E-state index is 0.327. The van der Waals surface area contributed by atoms with Crippen molar-refractivity contribution in [1.29, 1.82) is 0 Å². The highest BCUT2D eigenvalue weighted by molar-refractivity contribution is 5.76. The van der Waals surface area contributed by atoms with Crippen molar-refractivity contribution in [2.75, 3.05) is 26.2 Å². The fraction of sp³-hybridized carbons (Fsp3) is 0.929. The van der Waals surface area contributed by atoms with Gasteiger partial charge in [0.15, 0.2) is 0 Å². The average molecular weight is 240 g/mol. The number of carbonyl (C=O) groups excluding carboxylic acids is 1. The predicted molar refractivity (Wildman–Crippen MR) is 71.9 cm³/mol. The molecule has 3 heteroatoms. The number of hydrogen-bond acceptors (Lipinski definition) is 2. The van der Waals surface area contributed by atoms with Crippen LogP contribution in [0.2, 0.25) is 0 Å². The normalized spacial score (nSPS) is 20.9. The molecular weight excluding hydrogens is 212 g/mol. The molecule has 1 heterocycles. The Balaban J connectivity index is 2.08. The average Bonchev–Trinajstić information content (AvgIpc) is 2.28. The number of piperidine rings is 1. The molecule has 0 radical (unpaired) electrons. The molecule has 0 spiro atoms. The van der Waals surface area contributed by atoms with Gasteiger partial charge in [-0.1, -0.05) is 20.8 Å². The zero-order valence-corrected chi connectivity index (χ0v) is 11.7. The Morgan fingerprint density at radius 2 is 2.18 bits per heavy atom. The number of likely N-dealkylation sites (tertiary alicyclic amines) is 1. The van der Waals surface area contributed by atoms with E-state index in [0.29, 0.717) is 18.2 Å². The summed E-state index contributed by atoms with van der Waals surface area (Å²) in [6, 6.07) is 0. The number of rotatable bonds is 6. The molecule has 0 aliphatic carbocycles. The summed E-state index contributed by atoms with van der Waals surface area (Å²) in [4.78, 5) is 14.0. The first-order valence-corrected chi connectivity index (χ1v) is 7.08. The quantitative estimate of drug-likeness (QED) is 0.722. The van der Waals surface area contributed by atoms with Crippen LogP contribution in [-0.4, -0.2) is 37.0 Å². The second kappa shape index (κ2) is 7.70. The molecule has 17 heavy (non-hydrogen) atoms. The molecule has 1 N–H and O–H groups in total. The summed E-state index contributed by atoms with van der Waals surface area (Å²) in [5, 5.41) is 3.35. The van der Waals surface area contributed by atoms with Gasteiger partial charge in [0.2, 0.25) is 5.91 Å². The minimum Gasteiger partial charge on any atom is -0.342 e. The van der Waals surface area contributed by atoms with Crippen molar-refractivity contribution in [2.45, 2.75) is 46.5 Å². The molecule has 0 bridgehead atoms. The topological polar surface area (TPSA) is 32.3 Å². The van der Waals surface area contributed by atoms with Gasteiger partial charge < -0.3 is 10.2 Å². The summed E-state index contributed by atoms with van der Waals surface area (Å²) in [5.74, 6) is 1.75. The number of hydrogen-bond donors (Lipinski definition) is 1. The van der Waals surface area contributed by atoms with Crippen LogP contribution in [0.1, 0.15) is 46.5 Å². The second-order valence-corrected chi connectivity index (χ2v) is 5.77. The van der Waals surface area contributed by atoms with Crippen LogP contribution in [0, 0.1) is 11.8 Å². The van der Waals surface area contributed by atoms with Gasteiger partial charge in [-0.2, -0.15) is 0 Å². The van der Waals surface area contributed by atoms with Crippen LogP contribution in [0.15, 0.2) is 0 Å². The van der Waals surface area contributed by atoms with Crippen LogP contribution in [0.25, 0.3) is 0 Å². The molecule has 1 aliphatic heterocycles. The Morgan fingerprint density at radius 1 is 1.41 bits per heavy atom. The number of amides is 1. The molecule has 0 aromatic heterocycles. The highest BCUT2D eigenvalue weighted by Gasteiger charge is 2.20. The third-order valence-corrected chi connectivity index (χ3v) is 3.42. The summed E-state index contributed by atoms with van der Waals surface area (Å²) in [7, 11) is 0. The fourth-order valence-corrected chi connectivity index (χ4v) is 2.29. The zero-order chi connectivity index (χ0) is 12.7. The maximum absolute atomic E-state index is 11.9. The maximum atomic E-state index is 11.9. The molecule has 100 valence electrons. The molecular formula is C14H28N2O. The Hall–Kier alpha value is -0.570. The van der Waals surface area contributed by atoms with Crippen LogP contribution in [0.5, 0.6) is 0 Å². The van der Waals surface area contributed by atoms with Crippen LogP contribution in [0.4, 0.5) is 0 Å². The Morgan fingerprint density at radius 3 is 2.82 bits per heavy atom. The van der Waals surface area contributed by atoms with Crippen molar-refractivity contribution in [3.63, 3.8) is 0 Å². The lowest BCUT2D eigenvalue weighted by Gasteiger charge is -2.31. The Labute approximate surface area is 106 Å². The van der Waals surface area contributed by atoms with Crippen LogP contribution < -0.4 is 5.32 Å². The van der Waals surface area contributed by atoms with Gasteiger partial charge in [-0.25, -0.2) is 0 Å². The highest BCUT2D eigenvalue weighted by atomic mass is 16.2. The molecule has 1 rings (SSSR count). The molecule has 0 aromatic rings. The molecule has 0 aromatic carbocycles. The zero-order valence-electron chi connectivity index (χ0n) is 11.7. The largest absolute Gasteiger partial charge is 0.342 e. The fourth-order valence-electron chi connectivity index (χ4n) is 2.29. The van der Waals surface area contributed by atoms with Crippen molar-refractivity contribution in [2.24, 2.45) is 11.8 Å². The summed E-state index contributed by atoms with van der Waals surface area (Å²) < 4.78 is 0. The Kier molecular flexibility index (Phi) is 6.56. The number of carbonyl (C=O) groups is 1. The van der Waals surface area contributed by atoms with Gasteiger partial charge in [0.25, 0.3) is 0 Å². The van der Waals surface area contributed by atoms with Crippen molar-refractivity contribution >= 4 is 5.91 Å².